The van der Waals surface area contributed by atoms with Crippen LogP contribution in [0, 0.1) is 11.8 Å². The molecule has 1 aromatic heterocycles. The fraction of sp³-hybridized carbons (Fsp3) is 0.536. The highest BCUT2D eigenvalue weighted by molar-refractivity contribution is 5.96. The zero-order valence-corrected chi connectivity index (χ0v) is 22.3. The lowest BCUT2D eigenvalue weighted by atomic mass is 9.85. The first-order valence-electron chi connectivity index (χ1n) is 12.3. The molecule has 3 rings (SSSR count). The lowest BCUT2D eigenvalue weighted by Crippen LogP contribution is -2.52. The Hall–Kier alpha value is -3.13. The Balaban J connectivity index is 2.22. The maximum atomic E-state index is 14.3. The average molecular weight is 499 g/mol. The van der Waals surface area contributed by atoms with Crippen LogP contribution in [0.5, 0.6) is 5.75 Å². The monoisotopic (exact) mass is 498 g/mol. The minimum atomic E-state index is -1.42. The van der Waals surface area contributed by atoms with E-state index in [9.17, 15) is 14.7 Å². The molecule has 8 heteroatoms. The third-order valence-corrected chi connectivity index (χ3v) is 6.60. The number of carbonyl (C=O) groups is 2. The van der Waals surface area contributed by atoms with E-state index in [1.54, 1.807) is 43.5 Å². The number of hydrogen-bond donors (Lipinski definition) is 1. The number of pyridine rings is 1. The smallest absolute Gasteiger partial charge is 0.496 e. The molecule has 1 aliphatic heterocycles. The summed E-state index contributed by atoms with van der Waals surface area (Å²) in [6.45, 7) is 10.5. The lowest BCUT2D eigenvalue weighted by molar-refractivity contribution is -0.108. The standard InChI is InChI=1S/C28H38N2O6/c1-18(2)15-28(36-26(32)33)16-20(17-34-6)24(22-10-8-9-13-29-22)30(28)25(31)19-11-12-21(27(3,4)5)23(14-19)35-7/h8-14,18,20,24H,15-17H2,1-7H3,(H,32,33)/t20-,24-,28+/m1/s1. The molecule has 196 valence electrons. The van der Waals surface area contributed by atoms with Crippen molar-refractivity contribution in [2.75, 3.05) is 20.8 Å². The molecule has 8 nitrogen and oxygen atoms in total. The molecular weight excluding hydrogens is 460 g/mol. The number of likely N-dealkylation sites (tertiary alicyclic amines) is 1. The van der Waals surface area contributed by atoms with Gasteiger partial charge >= 0.3 is 6.16 Å². The van der Waals surface area contributed by atoms with Gasteiger partial charge in [0.1, 0.15) is 5.75 Å². The van der Waals surface area contributed by atoms with E-state index >= 15 is 0 Å². The number of methoxy groups -OCH3 is 2. The van der Waals surface area contributed by atoms with Crippen LogP contribution in [0.4, 0.5) is 4.79 Å². The second-order valence-corrected chi connectivity index (χ2v) is 10.9. The maximum Gasteiger partial charge on any atom is 0.507 e. The summed E-state index contributed by atoms with van der Waals surface area (Å²) >= 11 is 0. The minimum absolute atomic E-state index is 0.0585. The predicted molar refractivity (Wildman–Crippen MR) is 136 cm³/mol. The summed E-state index contributed by atoms with van der Waals surface area (Å²) in [7, 11) is 3.18. The molecule has 1 fully saturated rings. The Morgan fingerprint density at radius 3 is 2.44 bits per heavy atom. The van der Waals surface area contributed by atoms with Crippen LogP contribution >= 0.6 is 0 Å². The van der Waals surface area contributed by atoms with Crippen molar-refractivity contribution in [2.45, 2.75) is 64.6 Å². The van der Waals surface area contributed by atoms with Gasteiger partial charge in [-0.05, 0) is 41.2 Å². The van der Waals surface area contributed by atoms with E-state index in [2.05, 4.69) is 25.8 Å². The van der Waals surface area contributed by atoms with Gasteiger partial charge in [0.05, 0.1) is 25.5 Å². The number of carboxylic acid groups (broad SMARTS) is 1. The Morgan fingerprint density at radius 2 is 1.92 bits per heavy atom. The van der Waals surface area contributed by atoms with Gasteiger partial charge in [-0.1, -0.05) is 46.8 Å². The lowest BCUT2D eigenvalue weighted by Gasteiger charge is -2.40. The van der Waals surface area contributed by atoms with Gasteiger partial charge in [-0.15, -0.1) is 0 Å². The summed E-state index contributed by atoms with van der Waals surface area (Å²) in [4.78, 5) is 32.4. The molecule has 1 aliphatic rings. The number of nitrogens with zero attached hydrogens (tertiary/aromatic N) is 2. The van der Waals surface area contributed by atoms with Gasteiger partial charge in [-0.2, -0.15) is 0 Å². The van der Waals surface area contributed by atoms with Crippen molar-refractivity contribution in [1.82, 2.24) is 9.88 Å². The molecule has 2 heterocycles. The van der Waals surface area contributed by atoms with E-state index in [4.69, 9.17) is 14.2 Å². The van der Waals surface area contributed by atoms with E-state index in [1.807, 2.05) is 32.0 Å². The zero-order valence-electron chi connectivity index (χ0n) is 22.3. The maximum absolute atomic E-state index is 14.3. The summed E-state index contributed by atoms with van der Waals surface area (Å²) in [5.74, 6) is 0.0970. The van der Waals surface area contributed by atoms with Crippen molar-refractivity contribution in [3.05, 3.63) is 59.4 Å². The van der Waals surface area contributed by atoms with Gasteiger partial charge in [0.2, 0.25) is 0 Å². The van der Waals surface area contributed by atoms with E-state index in [-0.39, 0.29) is 23.2 Å². The van der Waals surface area contributed by atoms with Gasteiger partial charge in [-0.25, -0.2) is 4.79 Å². The fourth-order valence-electron chi connectivity index (χ4n) is 5.38. The van der Waals surface area contributed by atoms with Crippen LogP contribution in [-0.2, 0) is 14.9 Å². The molecule has 0 aliphatic carbocycles. The average Bonchev–Trinajstić information content (AvgIpc) is 3.09. The number of hydrogen-bond acceptors (Lipinski definition) is 6. The van der Waals surface area contributed by atoms with Crippen LogP contribution in [0.3, 0.4) is 0 Å². The Bertz CT molecular complexity index is 1070. The topological polar surface area (TPSA) is 98.2 Å². The highest BCUT2D eigenvalue weighted by Gasteiger charge is 2.57. The van der Waals surface area contributed by atoms with Gasteiger partial charge in [0.15, 0.2) is 5.72 Å². The van der Waals surface area contributed by atoms with Crippen molar-refractivity contribution in [3.8, 4) is 5.75 Å². The van der Waals surface area contributed by atoms with Gasteiger partial charge in [0.25, 0.3) is 5.91 Å². The van der Waals surface area contributed by atoms with Crippen LogP contribution in [0.1, 0.15) is 75.1 Å². The molecule has 1 aromatic carbocycles. The van der Waals surface area contributed by atoms with Crippen molar-refractivity contribution < 1.29 is 28.9 Å². The van der Waals surface area contributed by atoms with Crippen LogP contribution in [-0.4, -0.2) is 53.6 Å². The molecule has 3 atom stereocenters. The largest absolute Gasteiger partial charge is 0.507 e. The Labute approximate surface area is 213 Å². The number of amides is 1. The number of carbonyl (C=O) groups excluding carboxylic acids is 1. The molecule has 1 saturated heterocycles. The van der Waals surface area contributed by atoms with Crippen molar-refractivity contribution in [3.63, 3.8) is 0 Å². The number of rotatable bonds is 8. The molecule has 0 radical (unpaired) electrons. The highest BCUT2D eigenvalue weighted by atomic mass is 16.7. The van der Waals surface area contributed by atoms with Gasteiger partial charge in [0, 0.05) is 37.6 Å². The number of aromatic nitrogens is 1. The van der Waals surface area contributed by atoms with Crippen LogP contribution in [0.2, 0.25) is 0 Å². The van der Waals surface area contributed by atoms with Crippen LogP contribution < -0.4 is 4.74 Å². The summed E-state index contributed by atoms with van der Waals surface area (Å²) in [6, 6.07) is 10.4. The number of ether oxygens (including phenoxy) is 3. The molecule has 1 N–H and O–H groups in total. The van der Waals surface area contributed by atoms with Crippen molar-refractivity contribution >= 4 is 12.1 Å². The molecule has 0 unspecified atom stereocenters. The highest BCUT2D eigenvalue weighted by Crippen LogP contribution is 2.50. The second-order valence-electron chi connectivity index (χ2n) is 10.9. The Morgan fingerprint density at radius 1 is 1.19 bits per heavy atom. The third kappa shape index (κ3) is 5.64. The molecular formula is C28H38N2O6. The molecule has 36 heavy (non-hydrogen) atoms. The second kappa shape index (κ2) is 10.9. The van der Waals surface area contributed by atoms with Crippen LogP contribution in [0.25, 0.3) is 0 Å². The van der Waals surface area contributed by atoms with E-state index < -0.39 is 17.9 Å². The van der Waals surface area contributed by atoms with Crippen molar-refractivity contribution in [2.24, 2.45) is 11.8 Å². The molecule has 0 spiro atoms. The first-order chi connectivity index (χ1) is 16.9. The van der Waals surface area contributed by atoms with Gasteiger partial charge < -0.3 is 19.3 Å². The van der Waals surface area contributed by atoms with Crippen molar-refractivity contribution in [1.29, 1.82) is 0 Å². The number of benzene rings is 1. The summed E-state index contributed by atoms with van der Waals surface area (Å²) in [6.07, 6.45) is 0.886. The molecule has 0 saturated carbocycles. The quantitative estimate of drug-likeness (QED) is 0.468. The first-order valence-corrected chi connectivity index (χ1v) is 12.3. The normalized spacial score (nSPS) is 22.1. The molecule has 0 bridgehead atoms. The zero-order chi connectivity index (χ0) is 26.7. The summed E-state index contributed by atoms with van der Waals surface area (Å²) in [5, 5.41) is 9.78. The van der Waals surface area contributed by atoms with Gasteiger partial charge in [-0.3, -0.25) is 14.7 Å². The fourth-order valence-corrected chi connectivity index (χ4v) is 5.38. The predicted octanol–water partition coefficient (Wildman–Crippen LogP) is 5.67. The van der Waals surface area contributed by atoms with E-state index in [1.165, 1.54) is 0 Å². The van der Waals surface area contributed by atoms with E-state index in [0.29, 0.717) is 36.5 Å². The SMILES string of the molecule is COC[C@H]1C[C@](CC(C)C)(OC(=O)O)N(C(=O)c2ccc(C(C)(C)C)c(OC)c2)[C@H]1c1ccccn1. The minimum Gasteiger partial charge on any atom is -0.496 e. The summed E-state index contributed by atoms with van der Waals surface area (Å²) in [5.41, 5.74) is 0.454. The first kappa shape index (κ1) is 27.5. The molecule has 1 amide bonds. The van der Waals surface area contributed by atoms with E-state index in [0.717, 1.165) is 5.56 Å². The summed E-state index contributed by atoms with van der Waals surface area (Å²) < 4.78 is 16.8. The Kier molecular flexibility index (Phi) is 8.29. The van der Waals surface area contributed by atoms with Crippen LogP contribution in [0.15, 0.2) is 42.6 Å². The third-order valence-electron chi connectivity index (χ3n) is 6.60. The molecule has 2 aromatic rings.